The number of ether oxygens (including phenoxy) is 1. The molecule has 1 aromatic carbocycles. The van der Waals surface area contributed by atoms with E-state index in [4.69, 9.17) is 10.5 Å². The van der Waals surface area contributed by atoms with Crippen molar-refractivity contribution in [3.63, 3.8) is 0 Å². The third-order valence-corrected chi connectivity index (χ3v) is 3.21. The number of esters is 1. The van der Waals surface area contributed by atoms with Crippen molar-refractivity contribution >= 4 is 5.97 Å². The molecule has 1 unspecified atom stereocenters. The molecule has 2 N–H and O–H groups in total. The first-order valence-electron chi connectivity index (χ1n) is 5.19. The summed E-state index contributed by atoms with van der Waals surface area (Å²) in [6.45, 7) is 0. The van der Waals surface area contributed by atoms with Gasteiger partial charge in [0.05, 0.1) is 12.5 Å². The van der Waals surface area contributed by atoms with E-state index in [0.717, 1.165) is 18.4 Å². The van der Waals surface area contributed by atoms with Gasteiger partial charge >= 0.3 is 5.97 Å². The van der Waals surface area contributed by atoms with E-state index in [1.165, 1.54) is 19.2 Å². The number of carbonyl (C=O) groups is 1. The van der Waals surface area contributed by atoms with Crippen molar-refractivity contribution in [3.05, 3.63) is 35.6 Å². The van der Waals surface area contributed by atoms with Gasteiger partial charge in [-0.25, -0.2) is 4.39 Å². The number of rotatable bonds is 3. The van der Waals surface area contributed by atoms with E-state index < -0.39 is 11.5 Å². The molecule has 0 aromatic heterocycles. The molecule has 2 rings (SSSR count). The normalized spacial score (nSPS) is 18.9. The maximum Gasteiger partial charge on any atom is 0.313 e. The molecule has 1 aliphatic carbocycles. The van der Waals surface area contributed by atoms with Crippen molar-refractivity contribution < 1.29 is 13.9 Å². The highest BCUT2D eigenvalue weighted by Gasteiger charge is 2.56. The Hall–Kier alpha value is -1.42. The van der Waals surface area contributed by atoms with Crippen LogP contribution in [0.1, 0.15) is 24.4 Å². The summed E-state index contributed by atoms with van der Waals surface area (Å²) in [5.41, 5.74) is 6.22. The molecule has 0 aliphatic heterocycles. The van der Waals surface area contributed by atoms with E-state index in [9.17, 15) is 9.18 Å². The van der Waals surface area contributed by atoms with E-state index in [2.05, 4.69) is 0 Å². The van der Waals surface area contributed by atoms with Gasteiger partial charge in [-0.3, -0.25) is 4.79 Å². The third-order valence-electron chi connectivity index (χ3n) is 3.21. The summed E-state index contributed by atoms with van der Waals surface area (Å²) >= 11 is 0. The molecule has 0 amide bonds. The minimum Gasteiger partial charge on any atom is -0.469 e. The zero-order valence-corrected chi connectivity index (χ0v) is 9.07. The van der Waals surface area contributed by atoms with Crippen LogP contribution in [0.15, 0.2) is 24.3 Å². The van der Waals surface area contributed by atoms with Crippen LogP contribution in [0.4, 0.5) is 4.39 Å². The molecule has 1 fully saturated rings. The quantitative estimate of drug-likeness (QED) is 0.795. The molecule has 3 nitrogen and oxygen atoms in total. The van der Waals surface area contributed by atoms with Gasteiger partial charge in [0.2, 0.25) is 0 Å². The van der Waals surface area contributed by atoms with Gasteiger partial charge in [-0.2, -0.15) is 0 Å². The number of hydrogen-bond acceptors (Lipinski definition) is 3. The Labute approximate surface area is 93.4 Å². The molecular formula is C12H14FNO2. The van der Waals surface area contributed by atoms with Gasteiger partial charge < -0.3 is 10.5 Å². The molecule has 1 aliphatic rings. The number of nitrogens with two attached hydrogens (primary N) is 1. The lowest BCUT2D eigenvalue weighted by atomic mass is 9.91. The van der Waals surface area contributed by atoms with E-state index in [1.807, 2.05) is 0 Å². The summed E-state index contributed by atoms with van der Waals surface area (Å²) in [5, 5.41) is 0. The van der Waals surface area contributed by atoms with E-state index in [-0.39, 0.29) is 11.8 Å². The highest BCUT2D eigenvalue weighted by Crippen LogP contribution is 2.54. The Bertz CT molecular complexity index is 398. The number of hydrogen-bond donors (Lipinski definition) is 1. The molecule has 0 bridgehead atoms. The standard InChI is InChI=1S/C12H14FNO2/c1-16-11(15)12(6-7-12)10(14)8-2-4-9(13)5-3-8/h2-5,10H,6-7,14H2,1H3. The van der Waals surface area contributed by atoms with Crippen LogP contribution in [-0.4, -0.2) is 13.1 Å². The van der Waals surface area contributed by atoms with Crippen molar-refractivity contribution in [3.8, 4) is 0 Å². The topological polar surface area (TPSA) is 52.3 Å². The number of carbonyl (C=O) groups excluding carboxylic acids is 1. The van der Waals surface area contributed by atoms with Crippen molar-refractivity contribution in [2.45, 2.75) is 18.9 Å². The summed E-state index contributed by atoms with van der Waals surface area (Å²) in [5.74, 6) is -0.580. The van der Waals surface area contributed by atoms with Crippen molar-refractivity contribution in [1.82, 2.24) is 0 Å². The van der Waals surface area contributed by atoms with Gasteiger partial charge in [-0.15, -0.1) is 0 Å². The smallest absolute Gasteiger partial charge is 0.313 e. The molecule has 0 saturated heterocycles. The van der Waals surface area contributed by atoms with Crippen LogP contribution in [0.2, 0.25) is 0 Å². The van der Waals surface area contributed by atoms with Gasteiger partial charge in [0, 0.05) is 6.04 Å². The van der Waals surface area contributed by atoms with Crippen molar-refractivity contribution in [1.29, 1.82) is 0 Å². The summed E-state index contributed by atoms with van der Waals surface area (Å²) in [6, 6.07) is 5.51. The summed E-state index contributed by atoms with van der Waals surface area (Å²) in [4.78, 5) is 11.6. The van der Waals surface area contributed by atoms with Crippen molar-refractivity contribution in [2.75, 3.05) is 7.11 Å². The minimum atomic E-state index is -0.591. The second-order valence-electron chi connectivity index (χ2n) is 4.18. The van der Waals surface area contributed by atoms with Crippen LogP contribution in [0, 0.1) is 11.2 Å². The zero-order valence-electron chi connectivity index (χ0n) is 9.07. The van der Waals surface area contributed by atoms with Gasteiger partial charge in [0.1, 0.15) is 5.82 Å². The lowest BCUT2D eigenvalue weighted by Crippen LogP contribution is -2.31. The molecule has 4 heteroatoms. The fourth-order valence-corrected chi connectivity index (χ4v) is 1.97. The second-order valence-corrected chi connectivity index (χ2v) is 4.18. The molecule has 0 spiro atoms. The van der Waals surface area contributed by atoms with Crippen LogP contribution < -0.4 is 5.73 Å². The van der Waals surface area contributed by atoms with Gasteiger partial charge in [0.25, 0.3) is 0 Å². The largest absolute Gasteiger partial charge is 0.469 e. The van der Waals surface area contributed by atoms with Gasteiger partial charge in [-0.05, 0) is 30.5 Å². The lowest BCUT2D eigenvalue weighted by molar-refractivity contribution is -0.148. The molecule has 0 radical (unpaired) electrons. The first-order chi connectivity index (χ1) is 7.60. The second kappa shape index (κ2) is 3.87. The fourth-order valence-electron chi connectivity index (χ4n) is 1.97. The Kier molecular flexibility index (Phi) is 2.68. The Morgan fingerprint density at radius 2 is 2.00 bits per heavy atom. The molecule has 16 heavy (non-hydrogen) atoms. The predicted octanol–water partition coefficient (Wildman–Crippen LogP) is 1.78. The maximum atomic E-state index is 12.8. The average Bonchev–Trinajstić information content (AvgIpc) is 3.09. The molecule has 86 valence electrons. The molecule has 1 saturated carbocycles. The predicted molar refractivity (Wildman–Crippen MR) is 57.0 cm³/mol. The monoisotopic (exact) mass is 223 g/mol. The number of benzene rings is 1. The van der Waals surface area contributed by atoms with Crippen LogP contribution in [0.3, 0.4) is 0 Å². The molecule has 1 atom stereocenters. The van der Waals surface area contributed by atoms with E-state index >= 15 is 0 Å². The Morgan fingerprint density at radius 1 is 1.44 bits per heavy atom. The maximum absolute atomic E-state index is 12.8. The van der Waals surface area contributed by atoms with E-state index in [0.29, 0.717) is 0 Å². The highest BCUT2D eigenvalue weighted by molar-refractivity contribution is 5.81. The van der Waals surface area contributed by atoms with Crippen LogP contribution >= 0.6 is 0 Å². The summed E-state index contributed by atoms with van der Waals surface area (Å²) in [6.07, 6.45) is 1.47. The summed E-state index contributed by atoms with van der Waals surface area (Å²) < 4.78 is 17.5. The summed E-state index contributed by atoms with van der Waals surface area (Å²) in [7, 11) is 1.36. The van der Waals surface area contributed by atoms with Crippen LogP contribution in [0.25, 0.3) is 0 Å². The van der Waals surface area contributed by atoms with Gasteiger partial charge in [0.15, 0.2) is 0 Å². The first kappa shape index (κ1) is 11.1. The minimum absolute atomic E-state index is 0.274. The molecular weight excluding hydrogens is 209 g/mol. The molecule has 0 heterocycles. The molecule has 1 aromatic rings. The SMILES string of the molecule is COC(=O)C1(C(N)c2ccc(F)cc2)CC1. The fraction of sp³-hybridized carbons (Fsp3) is 0.417. The average molecular weight is 223 g/mol. The zero-order chi connectivity index (χ0) is 11.8. The Morgan fingerprint density at radius 3 is 2.44 bits per heavy atom. The Balaban J connectivity index is 2.22. The van der Waals surface area contributed by atoms with Crippen LogP contribution in [0.5, 0.6) is 0 Å². The van der Waals surface area contributed by atoms with Crippen LogP contribution in [-0.2, 0) is 9.53 Å². The highest BCUT2D eigenvalue weighted by atomic mass is 19.1. The first-order valence-corrected chi connectivity index (χ1v) is 5.19. The lowest BCUT2D eigenvalue weighted by Gasteiger charge is -2.21. The van der Waals surface area contributed by atoms with Crippen molar-refractivity contribution in [2.24, 2.45) is 11.1 Å². The number of halogens is 1. The van der Waals surface area contributed by atoms with Gasteiger partial charge in [-0.1, -0.05) is 12.1 Å². The number of methoxy groups -OCH3 is 1. The third kappa shape index (κ3) is 1.69. The van der Waals surface area contributed by atoms with E-state index in [1.54, 1.807) is 12.1 Å².